The number of piperidine rings is 1. The topological polar surface area (TPSA) is 106 Å². The van der Waals surface area contributed by atoms with Crippen molar-refractivity contribution >= 4 is 16.9 Å². The molecule has 1 fully saturated rings. The van der Waals surface area contributed by atoms with Gasteiger partial charge >= 0.3 is 0 Å². The molecule has 1 aliphatic rings. The van der Waals surface area contributed by atoms with Gasteiger partial charge in [0.1, 0.15) is 0 Å². The number of primary amides is 1. The van der Waals surface area contributed by atoms with Gasteiger partial charge in [0.05, 0.1) is 6.61 Å². The highest BCUT2D eigenvalue weighted by Gasteiger charge is 2.24. The second-order valence-corrected chi connectivity index (χ2v) is 7.53. The van der Waals surface area contributed by atoms with Crippen LogP contribution in [0.1, 0.15) is 36.9 Å². The lowest BCUT2D eigenvalue weighted by Crippen LogP contribution is -2.32. The van der Waals surface area contributed by atoms with Crippen LogP contribution in [0.5, 0.6) is 11.5 Å². The largest absolute Gasteiger partial charge is 0.490 e. The highest BCUT2D eigenvalue weighted by Crippen LogP contribution is 2.33. The van der Waals surface area contributed by atoms with E-state index in [1.54, 1.807) is 6.20 Å². The minimum Gasteiger partial charge on any atom is -0.490 e. The van der Waals surface area contributed by atoms with Crippen LogP contribution in [0.2, 0.25) is 0 Å². The molecule has 158 valence electrons. The van der Waals surface area contributed by atoms with E-state index in [0.717, 1.165) is 49.1 Å². The minimum atomic E-state index is -0.509. The van der Waals surface area contributed by atoms with Gasteiger partial charge in [-0.05, 0) is 62.7 Å². The van der Waals surface area contributed by atoms with E-state index in [2.05, 4.69) is 26.1 Å². The summed E-state index contributed by atoms with van der Waals surface area (Å²) in [6, 6.07) is 9.90. The Labute approximate surface area is 175 Å². The predicted octanol–water partition coefficient (Wildman–Crippen LogP) is 2.60. The Morgan fingerprint density at radius 2 is 2.07 bits per heavy atom. The van der Waals surface area contributed by atoms with E-state index in [9.17, 15) is 4.79 Å². The number of likely N-dealkylation sites (tertiary alicyclic amines) is 1. The Bertz CT molecular complexity index is 1010. The molecule has 0 saturated carbocycles. The molecule has 3 aromatic rings. The number of carbonyl (C=O) groups excluding carboxylic acids is 1. The standard InChI is InChI=1S/C22H27N5O3/c1-2-29-19-12-15(5-6-18(19)30-14-20(23)28)13-27-10-7-16(8-11-27)21-17-4-3-9-24-22(17)26-25-21/h3-6,9,12,16H,2,7-8,10-11,13-14H2,1H3,(H2,23,28)(H,24,25,26). The fourth-order valence-electron chi connectivity index (χ4n) is 4.01. The molecule has 1 amide bonds. The van der Waals surface area contributed by atoms with Crippen LogP contribution in [0.15, 0.2) is 36.5 Å². The van der Waals surface area contributed by atoms with Gasteiger partial charge in [-0.3, -0.25) is 14.8 Å². The molecule has 1 aliphatic heterocycles. The molecule has 0 unspecified atom stereocenters. The quantitative estimate of drug-likeness (QED) is 0.592. The number of amides is 1. The number of ether oxygens (including phenoxy) is 2. The summed E-state index contributed by atoms with van der Waals surface area (Å²) in [7, 11) is 0. The first kappa shape index (κ1) is 20.2. The third-order valence-corrected chi connectivity index (χ3v) is 5.44. The van der Waals surface area contributed by atoms with E-state index in [-0.39, 0.29) is 6.61 Å². The zero-order valence-electron chi connectivity index (χ0n) is 17.1. The Balaban J connectivity index is 1.38. The number of nitrogens with two attached hydrogens (primary N) is 1. The normalized spacial score (nSPS) is 15.4. The van der Waals surface area contributed by atoms with Gasteiger partial charge in [-0.25, -0.2) is 4.98 Å². The first-order valence-corrected chi connectivity index (χ1v) is 10.3. The number of aromatic amines is 1. The number of aromatic nitrogens is 3. The molecule has 8 nitrogen and oxygen atoms in total. The van der Waals surface area contributed by atoms with Crippen LogP contribution in [-0.2, 0) is 11.3 Å². The maximum atomic E-state index is 11.0. The van der Waals surface area contributed by atoms with Crippen molar-refractivity contribution in [1.29, 1.82) is 0 Å². The molecular weight excluding hydrogens is 382 g/mol. The first-order valence-electron chi connectivity index (χ1n) is 10.3. The SMILES string of the molecule is CCOc1cc(CN2CCC(c3[nH]nc4ncccc34)CC2)ccc1OCC(N)=O. The molecule has 0 radical (unpaired) electrons. The number of carbonyl (C=O) groups is 1. The van der Waals surface area contributed by atoms with Gasteiger partial charge in [-0.2, -0.15) is 5.10 Å². The Morgan fingerprint density at radius 3 is 2.83 bits per heavy atom. The maximum Gasteiger partial charge on any atom is 0.255 e. The fourth-order valence-corrected chi connectivity index (χ4v) is 4.01. The van der Waals surface area contributed by atoms with Crippen molar-refractivity contribution in [3.05, 3.63) is 47.8 Å². The number of rotatable bonds is 8. The van der Waals surface area contributed by atoms with Crippen LogP contribution in [0, 0.1) is 0 Å². The number of hydrogen-bond acceptors (Lipinski definition) is 6. The summed E-state index contributed by atoms with van der Waals surface area (Å²) < 4.78 is 11.2. The zero-order valence-corrected chi connectivity index (χ0v) is 17.1. The van der Waals surface area contributed by atoms with Gasteiger partial charge < -0.3 is 15.2 Å². The van der Waals surface area contributed by atoms with E-state index >= 15 is 0 Å². The van der Waals surface area contributed by atoms with Gasteiger partial charge in [-0.1, -0.05) is 6.07 Å². The number of H-pyrrole nitrogens is 1. The molecule has 0 atom stereocenters. The van der Waals surface area contributed by atoms with E-state index in [0.29, 0.717) is 24.0 Å². The summed E-state index contributed by atoms with van der Waals surface area (Å²) in [4.78, 5) is 17.8. The monoisotopic (exact) mass is 409 g/mol. The minimum absolute atomic E-state index is 0.162. The molecule has 0 aliphatic carbocycles. The van der Waals surface area contributed by atoms with Crippen molar-refractivity contribution in [3.8, 4) is 11.5 Å². The van der Waals surface area contributed by atoms with Gasteiger partial charge in [0.15, 0.2) is 23.8 Å². The molecule has 2 aromatic heterocycles. The molecule has 0 bridgehead atoms. The van der Waals surface area contributed by atoms with Crippen molar-refractivity contribution in [3.63, 3.8) is 0 Å². The lowest BCUT2D eigenvalue weighted by atomic mass is 9.92. The average Bonchev–Trinajstić information content (AvgIpc) is 3.18. The highest BCUT2D eigenvalue weighted by atomic mass is 16.5. The third kappa shape index (κ3) is 4.54. The van der Waals surface area contributed by atoms with E-state index in [1.165, 1.54) is 5.69 Å². The van der Waals surface area contributed by atoms with Gasteiger partial charge in [0, 0.05) is 29.7 Å². The van der Waals surface area contributed by atoms with Gasteiger partial charge in [0.25, 0.3) is 5.91 Å². The Hall–Kier alpha value is -3.13. The van der Waals surface area contributed by atoms with Crippen molar-refractivity contribution < 1.29 is 14.3 Å². The highest BCUT2D eigenvalue weighted by molar-refractivity contribution is 5.78. The van der Waals surface area contributed by atoms with Crippen LogP contribution in [0.25, 0.3) is 11.0 Å². The molecule has 1 aromatic carbocycles. The Morgan fingerprint density at radius 1 is 1.23 bits per heavy atom. The summed E-state index contributed by atoms with van der Waals surface area (Å²) in [5, 5.41) is 8.67. The van der Waals surface area contributed by atoms with E-state index in [4.69, 9.17) is 15.2 Å². The molecule has 0 spiro atoms. The number of benzene rings is 1. The van der Waals surface area contributed by atoms with Crippen LogP contribution in [0.4, 0.5) is 0 Å². The zero-order chi connectivity index (χ0) is 20.9. The number of fused-ring (bicyclic) bond motifs is 1. The number of nitrogens with zero attached hydrogens (tertiary/aromatic N) is 3. The lowest BCUT2D eigenvalue weighted by molar-refractivity contribution is -0.119. The number of nitrogens with one attached hydrogen (secondary N) is 1. The molecule has 3 N–H and O–H groups in total. The second kappa shape index (κ2) is 9.13. The van der Waals surface area contributed by atoms with E-state index < -0.39 is 5.91 Å². The first-order chi connectivity index (χ1) is 14.6. The molecule has 3 heterocycles. The van der Waals surface area contributed by atoms with Crippen LogP contribution < -0.4 is 15.2 Å². The molecule has 30 heavy (non-hydrogen) atoms. The molecule has 1 saturated heterocycles. The van der Waals surface area contributed by atoms with Crippen LogP contribution >= 0.6 is 0 Å². The maximum absolute atomic E-state index is 11.0. The number of hydrogen-bond donors (Lipinski definition) is 2. The Kier molecular flexibility index (Phi) is 6.13. The molecular formula is C22H27N5O3. The predicted molar refractivity (Wildman–Crippen MR) is 113 cm³/mol. The molecule has 8 heteroatoms. The van der Waals surface area contributed by atoms with E-state index in [1.807, 2.05) is 31.2 Å². The smallest absolute Gasteiger partial charge is 0.255 e. The van der Waals surface area contributed by atoms with Crippen molar-refractivity contribution in [1.82, 2.24) is 20.1 Å². The van der Waals surface area contributed by atoms with Crippen LogP contribution in [0.3, 0.4) is 0 Å². The second-order valence-electron chi connectivity index (χ2n) is 7.53. The van der Waals surface area contributed by atoms with Gasteiger partial charge in [-0.15, -0.1) is 0 Å². The lowest BCUT2D eigenvalue weighted by Gasteiger charge is -2.31. The molecule has 4 rings (SSSR count). The third-order valence-electron chi connectivity index (χ3n) is 5.44. The van der Waals surface area contributed by atoms with Crippen molar-refractivity contribution in [2.45, 2.75) is 32.2 Å². The summed E-state index contributed by atoms with van der Waals surface area (Å²) in [5.41, 5.74) is 8.32. The summed E-state index contributed by atoms with van der Waals surface area (Å²) in [5.74, 6) is 1.14. The van der Waals surface area contributed by atoms with Crippen LogP contribution in [-0.4, -0.2) is 52.3 Å². The van der Waals surface area contributed by atoms with Crippen molar-refractivity contribution in [2.24, 2.45) is 5.73 Å². The van der Waals surface area contributed by atoms with Crippen molar-refractivity contribution in [2.75, 3.05) is 26.3 Å². The van der Waals surface area contributed by atoms with Gasteiger partial charge in [0.2, 0.25) is 0 Å². The summed E-state index contributed by atoms with van der Waals surface area (Å²) in [6.07, 6.45) is 3.92. The summed E-state index contributed by atoms with van der Waals surface area (Å²) in [6.45, 7) is 5.14. The summed E-state index contributed by atoms with van der Waals surface area (Å²) >= 11 is 0. The average molecular weight is 409 g/mol. The number of pyridine rings is 1. The fraction of sp³-hybridized carbons (Fsp3) is 0.409.